The Morgan fingerprint density at radius 3 is 2.52 bits per heavy atom. The number of carbonyl (C=O) groups excluding carboxylic acids is 2. The van der Waals surface area contributed by atoms with Crippen molar-refractivity contribution in [2.75, 3.05) is 11.9 Å². The van der Waals surface area contributed by atoms with Crippen molar-refractivity contribution in [2.24, 2.45) is 0 Å². The van der Waals surface area contributed by atoms with Gasteiger partial charge in [0, 0.05) is 30.3 Å². The molecule has 1 fully saturated rings. The zero-order chi connectivity index (χ0) is 15.2. The van der Waals surface area contributed by atoms with E-state index in [2.05, 4.69) is 12.2 Å². The van der Waals surface area contributed by atoms with E-state index in [1.165, 1.54) is 6.42 Å². The Morgan fingerprint density at radius 2 is 1.90 bits per heavy atom. The van der Waals surface area contributed by atoms with Gasteiger partial charge in [-0.25, -0.2) is 0 Å². The molecule has 1 aromatic carbocycles. The van der Waals surface area contributed by atoms with E-state index >= 15 is 0 Å². The first-order chi connectivity index (χ1) is 10.2. The lowest BCUT2D eigenvalue weighted by Gasteiger charge is -2.35. The van der Waals surface area contributed by atoms with Crippen molar-refractivity contribution < 1.29 is 9.59 Å². The monoisotopic (exact) mass is 288 g/mol. The molecule has 0 aromatic heterocycles. The average Bonchev–Trinajstić information content (AvgIpc) is 2.54. The maximum Gasteiger partial charge on any atom is 0.254 e. The summed E-state index contributed by atoms with van der Waals surface area (Å²) < 4.78 is 0. The summed E-state index contributed by atoms with van der Waals surface area (Å²) >= 11 is 0. The molecule has 1 aliphatic rings. The van der Waals surface area contributed by atoms with Gasteiger partial charge in [0.25, 0.3) is 5.91 Å². The summed E-state index contributed by atoms with van der Waals surface area (Å²) in [5.41, 5.74) is 1.44. The predicted molar refractivity (Wildman–Crippen MR) is 84.3 cm³/mol. The minimum absolute atomic E-state index is 0.0174. The third-order valence-electron chi connectivity index (χ3n) is 4.10. The highest BCUT2D eigenvalue weighted by molar-refractivity contribution is 5.96. The number of likely N-dealkylation sites (tertiary alicyclic amines) is 1. The molecule has 0 spiro atoms. The molecule has 1 atom stereocenters. The number of amides is 2. The average molecular weight is 288 g/mol. The maximum atomic E-state index is 12.6. The van der Waals surface area contributed by atoms with Gasteiger partial charge in [-0.3, -0.25) is 9.59 Å². The summed E-state index contributed by atoms with van der Waals surface area (Å²) in [4.78, 5) is 25.9. The lowest BCUT2D eigenvalue weighted by molar-refractivity contribution is -0.115. The number of benzene rings is 1. The number of rotatable bonds is 4. The summed E-state index contributed by atoms with van der Waals surface area (Å²) in [6, 6.07) is 7.56. The van der Waals surface area contributed by atoms with Crippen LogP contribution in [0.25, 0.3) is 0 Å². The summed E-state index contributed by atoms with van der Waals surface area (Å²) in [6.45, 7) is 4.81. The molecule has 1 aliphatic heterocycles. The lowest BCUT2D eigenvalue weighted by atomic mass is 9.99. The quantitative estimate of drug-likeness (QED) is 0.922. The summed E-state index contributed by atoms with van der Waals surface area (Å²) in [7, 11) is 0. The van der Waals surface area contributed by atoms with E-state index in [0.29, 0.717) is 18.0 Å². The summed E-state index contributed by atoms with van der Waals surface area (Å²) in [5.74, 6) is 0.0890. The highest BCUT2D eigenvalue weighted by atomic mass is 16.2. The van der Waals surface area contributed by atoms with Gasteiger partial charge < -0.3 is 10.2 Å². The molecular weight excluding hydrogens is 264 g/mol. The number of anilines is 1. The molecule has 0 aliphatic carbocycles. The van der Waals surface area contributed by atoms with Crippen LogP contribution in [0, 0.1) is 0 Å². The molecule has 1 unspecified atom stereocenters. The molecule has 2 rings (SSSR count). The van der Waals surface area contributed by atoms with E-state index < -0.39 is 0 Å². The third kappa shape index (κ3) is 3.84. The van der Waals surface area contributed by atoms with Crippen LogP contribution in [0.15, 0.2) is 24.3 Å². The number of nitrogens with one attached hydrogen (secondary N) is 1. The molecular formula is C17H24N2O2. The van der Waals surface area contributed by atoms with Crippen molar-refractivity contribution in [1.82, 2.24) is 4.90 Å². The first-order valence-corrected chi connectivity index (χ1v) is 7.86. The Kier molecular flexibility index (Phi) is 5.37. The molecule has 1 aromatic rings. The van der Waals surface area contributed by atoms with Crippen LogP contribution in [0.5, 0.6) is 0 Å². The molecule has 21 heavy (non-hydrogen) atoms. The van der Waals surface area contributed by atoms with E-state index in [9.17, 15) is 9.59 Å². The standard InChI is InChI=1S/C17H24N2O2/c1-3-15-7-5-6-12-19(15)17(21)13-8-10-14(11-9-13)18-16(20)4-2/h8-11,15H,3-7,12H2,1-2H3,(H,18,20). The molecule has 2 amide bonds. The van der Waals surface area contributed by atoms with Gasteiger partial charge in [-0.05, 0) is 49.9 Å². The molecule has 1 N–H and O–H groups in total. The van der Waals surface area contributed by atoms with Crippen LogP contribution in [0.3, 0.4) is 0 Å². The predicted octanol–water partition coefficient (Wildman–Crippen LogP) is 3.44. The van der Waals surface area contributed by atoms with Crippen LogP contribution in [0.4, 0.5) is 5.69 Å². The lowest BCUT2D eigenvalue weighted by Crippen LogP contribution is -2.43. The van der Waals surface area contributed by atoms with E-state index in [-0.39, 0.29) is 11.8 Å². The molecule has 1 heterocycles. The second kappa shape index (κ2) is 7.25. The van der Waals surface area contributed by atoms with Crippen molar-refractivity contribution >= 4 is 17.5 Å². The Bertz CT molecular complexity index is 496. The second-order valence-corrected chi connectivity index (χ2v) is 5.54. The van der Waals surface area contributed by atoms with E-state index in [1.807, 2.05) is 11.8 Å². The minimum Gasteiger partial charge on any atom is -0.336 e. The van der Waals surface area contributed by atoms with Crippen LogP contribution in [-0.2, 0) is 4.79 Å². The molecule has 114 valence electrons. The topological polar surface area (TPSA) is 49.4 Å². The van der Waals surface area contributed by atoms with Gasteiger partial charge in [0.05, 0.1) is 0 Å². The molecule has 0 bridgehead atoms. The largest absolute Gasteiger partial charge is 0.336 e. The molecule has 0 saturated carbocycles. The Morgan fingerprint density at radius 1 is 1.19 bits per heavy atom. The highest BCUT2D eigenvalue weighted by Gasteiger charge is 2.25. The van der Waals surface area contributed by atoms with E-state index in [0.717, 1.165) is 31.5 Å². The Hall–Kier alpha value is -1.84. The van der Waals surface area contributed by atoms with Crippen LogP contribution in [0.1, 0.15) is 56.3 Å². The van der Waals surface area contributed by atoms with Crippen molar-refractivity contribution in [3.05, 3.63) is 29.8 Å². The highest BCUT2D eigenvalue weighted by Crippen LogP contribution is 2.22. The third-order valence-corrected chi connectivity index (χ3v) is 4.10. The van der Waals surface area contributed by atoms with Gasteiger partial charge in [-0.1, -0.05) is 13.8 Å². The number of piperidine rings is 1. The number of nitrogens with zero attached hydrogens (tertiary/aromatic N) is 1. The smallest absolute Gasteiger partial charge is 0.254 e. The fourth-order valence-corrected chi connectivity index (χ4v) is 2.80. The molecule has 0 radical (unpaired) electrons. The van der Waals surface area contributed by atoms with Gasteiger partial charge in [-0.15, -0.1) is 0 Å². The fourth-order valence-electron chi connectivity index (χ4n) is 2.80. The van der Waals surface area contributed by atoms with Crippen LogP contribution in [0.2, 0.25) is 0 Å². The van der Waals surface area contributed by atoms with E-state index in [1.54, 1.807) is 24.3 Å². The van der Waals surface area contributed by atoms with Gasteiger partial charge in [0.15, 0.2) is 0 Å². The first-order valence-electron chi connectivity index (χ1n) is 7.86. The van der Waals surface area contributed by atoms with Crippen molar-refractivity contribution in [1.29, 1.82) is 0 Å². The SMILES string of the molecule is CCC(=O)Nc1ccc(C(=O)N2CCCCC2CC)cc1. The Labute approximate surface area is 126 Å². The van der Waals surface area contributed by atoms with Gasteiger partial charge in [0.1, 0.15) is 0 Å². The Balaban J connectivity index is 2.06. The van der Waals surface area contributed by atoms with Gasteiger partial charge in [-0.2, -0.15) is 0 Å². The van der Waals surface area contributed by atoms with Crippen LogP contribution >= 0.6 is 0 Å². The van der Waals surface area contributed by atoms with Crippen molar-refractivity contribution in [3.63, 3.8) is 0 Å². The van der Waals surface area contributed by atoms with E-state index in [4.69, 9.17) is 0 Å². The number of hydrogen-bond donors (Lipinski definition) is 1. The van der Waals surface area contributed by atoms with Crippen molar-refractivity contribution in [2.45, 2.75) is 52.0 Å². The molecule has 4 heteroatoms. The van der Waals surface area contributed by atoms with Gasteiger partial charge >= 0.3 is 0 Å². The maximum absolute atomic E-state index is 12.6. The summed E-state index contributed by atoms with van der Waals surface area (Å²) in [6.07, 6.45) is 4.87. The molecule has 4 nitrogen and oxygen atoms in total. The first kappa shape index (κ1) is 15.5. The number of carbonyl (C=O) groups is 2. The van der Waals surface area contributed by atoms with Gasteiger partial charge in [0.2, 0.25) is 5.91 Å². The number of hydrogen-bond acceptors (Lipinski definition) is 2. The minimum atomic E-state index is -0.0174. The summed E-state index contributed by atoms with van der Waals surface area (Å²) in [5, 5.41) is 2.79. The molecule has 1 saturated heterocycles. The zero-order valence-corrected chi connectivity index (χ0v) is 12.9. The van der Waals surface area contributed by atoms with Crippen LogP contribution < -0.4 is 5.32 Å². The fraction of sp³-hybridized carbons (Fsp3) is 0.529. The normalized spacial score (nSPS) is 18.4. The van der Waals surface area contributed by atoms with Crippen LogP contribution in [-0.4, -0.2) is 29.3 Å². The zero-order valence-electron chi connectivity index (χ0n) is 12.9. The van der Waals surface area contributed by atoms with Crippen molar-refractivity contribution in [3.8, 4) is 0 Å². The second-order valence-electron chi connectivity index (χ2n) is 5.54.